The van der Waals surface area contributed by atoms with Gasteiger partial charge in [-0.05, 0) is 26.2 Å². The molecule has 0 aliphatic heterocycles. The Balaban J connectivity index is 1.66. The summed E-state index contributed by atoms with van der Waals surface area (Å²) in [6.45, 7) is 2.76. The quantitative estimate of drug-likeness (QED) is 0.907. The van der Waals surface area contributed by atoms with Gasteiger partial charge in [-0.2, -0.15) is 4.98 Å². The zero-order chi connectivity index (χ0) is 14.0. The molecule has 1 fully saturated rings. The van der Waals surface area contributed by atoms with Gasteiger partial charge in [0.2, 0.25) is 5.82 Å². The molecule has 1 aliphatic rings. The van der Waals surface area contributed by atoms with Crippen LogP contribution >= 0.6 is 0 Å². The molecule has 3 rings (SSSR count). The van der Waals surface area contributed by atoms with Crippen LogP contribution in [0.15, 0.2) is 28.8 Å². The van der Waals surface area contributed by atoms with E-state index in [4.69, 9.17) is 9.26 Å². The van der Waals surface area contributed by atoms with Gasteiger partial charge in [0.05, 0.1) is 5.60 Å². The molecule has 1 aromatic heterocycles. The molecule has 5 nitrogen and oxygen atoms in total. The average molecular weight is 273 g/mol. The Morgan fingerprint density at radius 1 is 1.30 bits per heavy atom. The number of aromatic nitrogens is 2. The van der Waals surface area contributed by atoms with Gasteiger partial charge >= 0.3 is 6.01 Å². The van der Waals surface area contributed by atoms with Crippen LogP contribution in [0, 0.1) is 6.92 Å². The molecule has 0 atom stereocenters. The molecule has 0 radical (unpaired) electrons. The van der Waals surface area contributed by atoms with Crippen molar-refractivity contribution in [3.8, 4) is 11.4 Å². The van der Waals surface area contributed by atoms with E-state index in [1.54, 1.807) is 7.11 Å². The van der Waals surface area contributed by atoms with Gasteiger partial charge < -0.3 is 14.6 Å². The molecule has 0 saturated heterocycles. The van der Waals surface area contributed by atoms with Crippen molar-refractivity contribution in [2.45, 2.75) is 31.8 Å². The van der Waals surface area contributed by atoms with Gasteiger partial charge in [-0.1, -0.05) is 35.0 Å². The summed E-state index contributed by atoms with van der Waals surface area (Å²) in [6.07, 6.45) is 3.37. The van der Waals surface area contributed by atoms with Gasteiger partial charge in [0.1, 0.15) is 0 Å². The normalized spacial score (nSPS) is 16.7. The zero-order valence-electron chi connectivity index (χ0n) is 11.8. The highest BCUT2D eigenvalue weighted by molar-refractivity contribution is 5.55. The molecular formula is C15H19N3O2. The Labute approximate surface area is 118 Å². The van der Waals surface area contributed by atoms with Gasteiger partial charge in [0, 0.05) is 19.2 Å². The maximum atomic E-state index is 5.55. The number of nitrogens with one attached hydrogen (secondary N) is 1. The Hall–Kier alpha value is -1.88. The molecule has 0 spiro atoms. The third kappa shape index (κ3) is 2.54. The minimum atomic E-state index is -0.0571. The second kappa shape index (κ2) is 5.25. The van der Waals surface area contributed by atoms with Crippen LogP contribution in [-0.2, 0) is 4.74 Å². The van der Waals surface area contributed by atoms with E-state index in [2.05, 4.69) is 22.4 Å². The number of benzene rings is 1. The van der Waals surface area contributed by atoms with E-state index in [1.165, 1.54) is 12.0 Å². The molecule has 1 saturated carbocycles. The van der Waals surface area contributed by atoms with Gasteiger partial charge in [-0.3, -0.25) is 0 Å². The summed E-state index contributed by atoms with van der Waals surface area (Å²) in [5.41, 5.74) is 2.11. The number of hydrogen-bond donors (Lipinski definition) is 1. The maximum absolute atomic E-state index is 5.55. The largest absolute Gasteiger partial charge is 0.376 e. The van der Waals surface area contributed by atoms with Crippen molar-refractivity contribution in [1.82, 2.24) is 10.1 Å². The number of nitrogens with zero attached hydrogens (tertiary/aromatic N) is 2. The van der Waals surface area contributed by atoms with Crippen molar-refractivity contribution in [1.29, 1.82) is 0 Å². The highest BCUT2D eigenvalue weighted by atomic mass is 16.5. The number of aryl methyl sites for hydroxylation is 1. The number of hydrogen-bond acceptors (Lipinski definition) is 5. The highest BCUT2D eigenvalue weighted by Crippen LogP contribution is 2.35. The van der Waals surface area contributed by atoms with E-state index in [1.807, 2.05) is 24.3 Å². The number of methoxy groups -OCH3 is 1. The molecule has 2 aromatic rings. The third-order valence-electron chi connectivity index (χ3n) is 4.00. The molecule has 1 heterocycles. The first-order chi connectivity index (χ1) is 9.71. The van der Waals surface area contributed by atoms with E-state index in [0.717, 1.165) is 18.4 Å². The van der Waals surface area contributed by atoms with Crippen molar-refractivity contribution in [3.63, 3.8) is 0 Å². The van der Waals surface area contributed by atoms with Crippen LogP contribution in [0.1, 0.15) is 24.8 Å². The summed E-state index contributed by atoms with van der Waals surface area (Å²) in [5.74, 6) is 0.604. The van der Waals surface area contributed by atoms with E-state index >= 15 is 0 Å². The summed E-state index contributed by atoms with van der Waals surface area (Å²) in [4.78, 5) is 4.36. The van der Waals surface area contributed by atoms with Gasteiger partial charge in [-0.15, -0.1) is 0 Å². The number of ether oxygens (including phenoxy) is 1. The monoisotopic (exact) mass is 273 g/mol. The lowest BCUT2D eigenvalue weighted by Gasteiger charge is -2.40. The topological polar surface area (TPSA) is 60.2 Å². The van der Waals surface area contributed by atoms with Crippen molar-refractivity contribution in [2.24, 2.45) is 0 Å². The predicted octanol–water partition coefficient (Wildman–Crippen LogP) is 3.03. The fraction of sp³-hybridized carbons (Fsp3) is 0.467. The molecular weight excluding hydrogens is 254 g/mol. The Morgan fingerprint density at radius 2 is 2.05 bits per heavy atom. The SMILES string of the molecule is COC1(CNc2nc(-c3ccc(C)cc3)no2)CCC1. The molecule has 1 N–H and O–H groups in total. The van der Waals surface area contributed by atoms with Crippen LogP contribution in [-0.4, -0.2) is 29.4 Å². The molecule has 0 amide bonds. The van der Waals surface area contributed by atoms with E-state index in [0.29, 0.717) is 18.4 Å². The standard InChI is InChI=1S/C15H19N3O2/c1-11-4-6-12(7-5-11)13-17-14(20-18-13)16-10-15(19-2)8-3-9-15/h4-7H,3,8-10H2,1-2H3,(H,16,17,18). The van der Waals surface area contributed by atoms with Crippen molar-refractivity contribution >= 4 is 6.01 Å². The van der Waals surface area contributed by atoms with Gasteiger partial charge in [0.25, 0.3) is 0 Å². The van der Waals surface area contributed by atoms with E-state index in [-0.39, 0.29) is 5.60 Å². The maximum Gasteiger partial charge on any atom is 0.321 e. The predicted molar refractivity (Wildman–Crippen MR) is 76.6 cm³/mol. The van der Waals surface area contributed by atoms with Crippen LogP contribution in [0.25, 0.3) is 11.4 Å². The van der Waals surface area contributed by atoms with Crippen LogP contribution < -0.4 is 5.32 Å². The van der Waals surface area contributed by atoms with Crippen LogP contribution in [0.5, 0.6) is 0 Å². The van der Waals surface area contributed by atoms with Gasteiger partial charge in [-0.25, -0.2) is 0 Å². The summed E-state index contributed by atoms with van der Waals surface area (Å²) in [5, 5.41) is 7.17. The van der Waals surface area contributed by atoms with Crippen LogP contribution in [0.3, 0.4) is 0 Å². The molecule has 0 unspecified atom stereocenters. The molecule has 1 aliphatic carbocycles. The molecule has 5 heteroatoms. The van der Waals surface area contributed by atoms with Gasteiger partial charge in [0.15, 0.2) is 0 Å². The van der Waals surface area contributed by atoms with E-state index in [9.17, 15) is 0 Å². The lowest BCUT2D eigenvalue weighted by molar-refractivity contribution is -0.0604. The fourth-order valence-corrected chi connectivity index (χ4v) is 2.38. The first kappa shape index (κ1) is 13.1. The first-order valence-corrected chi connectivity index (χ1v) is 6.91. The molecule has 20 heavy (non-hydrogen) atoms. The summed E-state index contributed by atoms with van der Waals surface area (Å²) < 4.78 is 10.8. The summed E-state index contributed by atoms with van der Waals surface area (Å²) in [7, 11) is 1.76. The fourth-order valence-electron chi connectivity index (χ4n) is 2.38. The summed E-state index contributed by atoms with van der Waals surface area (Å²) >= 11 is 0. The first-order valence-electron chi connectivity index (χ1n) is 6.91. The minimum Gasteiger partial charge on any atom is -0.376 e. The third-order valence-corrected chi connectivity index (χ3v) is 4.00. The zero-order valence-corrected chi connectivity index (χ0v) is 11.8. The Morgan fingerprint density at radius 3 is 2.65 bits per heavy atom. The average Bonchev–Trinajstić information content (AvgIpc) is 2.88. The van der Waals surface area contributed by atoms with Crippen molar-refractivity contribution in [3.05, 3.63) is 29.8 Å². The molecule has 0 bridgehead atoms. The molecule has 106 valence electrons. The second-order valence-corrected chi connectivity index (χ2v) is 5.38. The highest BCUT2D eigenvalue weighted by Gasteiger charge is 2.37. The Kier molecular flexibility index (Phi) is 3.44. The second-order valence-electron chi connectivity index (χ2n) is 5.38. The molecule has 1 aromatic carbocycles. The van der Waals surface area contributed by atoms with Crippen LogP contribution in [0.2, 0.25) is 0 Å². The minimum absolute atomic E-state index is 0.0571. The van der Waals surface area contributed by atoms with Crippen LogP contribution in [0.4, 0.5) is 6.01 Å². The van der Waals surface area contributed by atoms with E-state index < -0.39 is 0 Å². The number of anilines is 1. The van der Waals surface area contributed by atoms with Crippen molar-refractivity contribution in [2.75, 3.05) is 19.0 Å². The van der Waals surface area contributed by atoms with Crippen molar-refractivity contribution < 1.29 is 9.26 Å². The number of rotatable bonds is 5. The summed E-state index contributed by atoms with van der Waals surface area (Å²) in [6, 6.07) is 8.50. The lowest BCUT2D eigenvalue weighted by Crippen LogP contribution is -2.45. The Bertz CT molecular complexity index is 568. The lowest BCUT2D eigenvalue weighted by atomic mass is 9.80. The smallest absolute Gasteiger partial charge is 0.321 e.